The molecule has 1 unspecified atom stereocenters. The van der Waals surface area contributed by atoms with Crippen LogP contribution in [0, 0.1) is 18.3 Å². The molecule has 2 N–H and O–H groups in total. The maximum absolute atomic E-state index is 10.6. The van der Waals surface area contributed by atoms with Gasteiger partial charge in [-0.15, -0.1) is 6.58 Å². The Morgan fingerprint density at radius 2 is 1.63 bits per heavy atom. The Morgan fingerprint density at radius 3 is 2.27 bits per heavy atom. The molecule has 59 heavy (non-hydrogen) atoms. The van der Waals surface area contributed by atoms with E-state index in [0.717, 1.165) is 93.7 Å². The molecule has 0 saturated carbocycles. The summed E-state index contributed by atoms with van der Waals surface area (Å²) in [5, 5.41) is 17.8. The average molecular weight is 774 g/mol. The molecule has 1 aliphatic rings. The Morgan fingerprint density at radius 1 is 0.898 bits per heavy atom. The first-order valence-electron chi connectivity index (χ1n) is 20.6. The minimum Gasteiger partial charge on any atom is -0.366 e. The van der Waals surface area contributed by atoms with Gasteiger partial charge in [0.05, 0.1) is 23.1 Å². The third-order valence-corrected chi connectivity index (χ3v) is 10.8. The molecule has 0 amide bonds. The van der Waals surface area contributed by atoms with Crippen LogP contribution in [0.25, 0.3) is 39.3 Å². The molecular formula is C54H55N5. The van der Waals surface area contributed by atoms with E-state index < -0.39 is 0 Å². The van der Waals surface area contributed by atoms with E-state index in [9.17, 15) is 5.26 Å². The van der Waals surface area contributed by atoms with Crippen LogP contribution in [-0.2, 0) is 12.8 Å². The van der Waals surface area contributed by atoms with Crippen LogP contribution < -0.4 is 10.6 Å². The molecule has 1 aliphatic carbocycles. The van der Waals surface area contributed by atoms with Crippen molar-refractivity contribution in [1.29, 1.82) is 5.26 Å². The van der Waals surface area contributed by atoms with Crippen molar-refractivity contribution in [2.45, 2.75) is 65.5 Å². The molecule has 1 atom stereocenters. The fourth-order valence-electron chi connectivity index (χ4n) is 7.55. The third kappa shape index (κ3) is 10.5. The van der Waals surface area contributed by atoms with E-state index in [1.807, 2.05) is 86.8 Å². The Bertz CT molecular complexity index is 2460. The number of allylic oxidation sites excluding steroid dienone is 9. The standard InChI is InChI=1S/C54H55N5/c1-7-9-21-38(3)53(56-6)58-51(44-22-13-10-14-23-44)39(4)36-41-32-34-43(35-33-41)48-30-20-29-47(49(48)37-55)42(8-2)28-19-31-50-40(5)52(45-24-15-11-16-25-45)59-54(57-50)46-26-17-12-18-27-46/h7-8,11-13,15-20,22-30,32-35,53,56,58H,1,3,9-10,14,21,31,36H2,2,4-6H3/b28-19-,42-8+,51-39-. The van der Waals surface area contributed by atoms with E-state index in [1.165, 1.54) is 16.7 Å². The van der Waals surface area contributed by atoms with E-state index in [4.69, 9.17) is 9.97 Å². The highest BCUT2D eigenvalue weighted by Crippen LogP contribution is 2.32. The van der Waals surface area contributed by atoms with Crippen molar-refractivity contribution in [3.63, 3.8) is 0 Å². The molecule has 296 valence electrons. The molecule has 1 aromatic heterocycles. The molecule has 0 bridgehead atoms. The maximum Gasteiger partial charge on any atom is 0.160 e. The van der Waals surface area contributed by atoms with Gasteiger partial charge in [-0.1, -0.05) is 152 Å². The topological polar surface area (TPSA) is 73.6 Å². The second-order valence-corrected chi connectivity index (χ2v) is 14.9. The van der Waals surface area contributed by atoms with Gasteiger partial charge in [-0.2, -0.15) is 5.26 Å². The quantitative estimate of drug-likeness (QED) is 0.0559. The summed E-state index contributed by atoms with van der Waals surface area (Å²) in [4.78, 5) is 10.1. The van der Waals surface area contributed by atoms with Crippen LogP contribution in [0.2, 0.25) is 0 Å². The van der Waals surface area contributed by atoms with Crippen LogP contribution in [0.3, 0.4) is 0 Å². The molecule has 6 rings (SSSR count). The van der Waals surface area contributed by atoms with Gasteiger partial charge in [-0.05, 0) is 104 Å². The zero-order valence-corrected chi connectivity index (χ0v) is 34.9. The molecule has 0 saturated heterocycles. The summed E-state index contributed by atoms with van der Waals surface area (Å²) < 4.78 is 0. The fourth-order valence-corrected chi connectivity index (χ4v) is 7.55. The number of aromatic nitrogens is 2. The minimum atomic E-state index is -0.0523. The SMILES string of the molecule is C=CCCC(=C)C(NC)N/C(C1=CCCC=C1)=C(/C)Cc1ccc(-c2cccc(C(/C=C\Cc3nc(-c4ccccc4)nc(-c4ccccc4)c3C)=C/C)c2C#N)cc1. The molecule has 0 fully saturated rings. The number of hydrogen-bond acceptors (Lipinski definition) is 5. The zero-order valence-electron chi connectivity index (χ0n) is 34.9. The molecule has 1 heterocycles. The number of nitriles is 1. The summed E-state index contributed by atoms with van der Waals surface area (Å²) in [6, 6.07) is 37.7. The summed E-state index contributed by atoms with van der Waals surface area (Å²) in [6.07, 6.45) is 20.3. The Kier molecular flexibility index (Phi) is 14.7. The van der Waals surface area contributed by atoms with Gasteiger partial charge in [0.25, 0.3) is 0 Å². The first-order chi connectivity index (χ1) is 28.8. The summed E-state index contributed by atoms with van der Waals surface area (Å²) in [5.41, 5.74) is 15.4. The monoisotopic (exact) mass is 773 g/mol. The van der Waals surface area contributed by atoms with Crippen LogP contribution in [0.1, 0.15) is 67.5 Å². The van der Waals surface area contributed by atoms with Crippen molar-refractivity contribution in [2.75, 3.05) is 7.05 Å². The van der Waals surface area contributed by atoms with Gasteiger partial charge in [-0.3, -0.25) is 5.32 Å². The van der Waals surface area contributed by atoms with Gasteiger partial charge in [0.1, 0.15) is 6.07 Å². The van der Waals surface area contributed by atoms with E-state index in [-0.39, 0.29) is 6.17 Å². The largest absolute Gasteiger partial charge is 0.366 e. The Hall–Kier alpha value is -6.61. The lowest BCUT2D eigenvalue weighted by Crippen LogP contribution is -2.41. The minimum absolute atomic E-state index is 0.0523. The van der Waals surface area contributed by atoms with Gasteiger partial charge in [0.2, 0.25) is 0 Å². The molecule has 4 aromatic carbocycles. The molecule has 5 aromatic rings. The van der Waals surface area contributed by atoms with Gasteiger partial charge in [0, 0.05) is 28.8 Å². The molecule has 5 nitrogen and oxygen atoms in total. The van der Waals surface area contributed by atoms with Crippen molar-refractivity contribution in [3.05, 3.63) is 209 Å². The van der Waals surface area contributed by atoms with Crippen LogP contribution in [-0.4, -0.2) is 23.2 Å². The van der Waals surface area contributed by atoms with Crippen LogP contribution in [0.5, 0.6) is 0 Å². The zero-order chi connectivity index (χ0) is 41.6. The number of nitrogens with one attached hydrogen (secondary N) is 2. The average Bonchev–Trinajstić information content (AvgIpc) is 3.28. The Labute approximate surface area is 351 Å². The van der Waals surface area contributed by atoms with Gasteiger partial charge in [-0.25, -0.2) is 9.97 Å². The summed E-state index contributed by atoms with van der Waals surface area (Å²) in [5.74, 6) is 0.709. The second kappa shape index (κ2) is 20.7. The molecule has 0 aliphatic heterocycles. The number of rotatable bonds is 17. The second-order valence-electron chi connectivity index (χ2n) is 14.9. The highest BCUT2D eigenvalue weighted by Gasteiger charge is 2.18. The van der Waals surface area contributed by atoms with Gasteiger partial charge < -0.3 is 5.32 Å². The van der Waals surface area contributed by atoms with Crippen molar-refractivity contribution in [3.8, 4) is 39.8 Å². The van der Waals surface area contributed by atoms with E-state index >= 15 is 0 Å². The number of benzene rings is 4. The fraction of sp³-hybridized carbons (Fsp3) is 0.204. The number of nitrogens with zero attached hydrogens (tertiary/aromatic N) is 3. The van der Waals surface area contributed by atoms with Crippen molar-refractivity contribution >= 4 is 5.57 Å². The van der Waals surface area contributed by atoms with Gasteiger partial charge in [0.15, 0.2) is 5.82 Å². The molecular weight excluding hydrogens is 719 g/mol. The summed E-state index contributed by atoms with van der Waals surface area (Å²) in [6.45, 7) is 14.6. The lowest BCUT2D eigenvalue weighted by atomic mass is 9.91. The predicted molar refractivity (Wildman–Crippen MR) is 248 cm³/mol. The number of hydrogen-bond donors (Lipinski definition) is 2. The van der Waals surface area contributed by atoms with E-state index in [0.29, 0.717) is 17.8 Å². The molecule has 0 spiro atoms. The van der Waals surface area contributed by atoms with E-state index in [1.54, 1.807) is 0 Å². The predicted octanol–water partition coefficient (Wildman–Crippen LogP) is 12.6. The lowest BCUT2D eigenvalue weighted by Gasteiger charge is -2.26. The smallest absolute Gasteiger partial charge is 0.160 e. The van der Waals surface area contributed by atoms with Crippen molar-refractivity contribution < 1.29 is 0 Å². The van der Waals surface area contributed by atoms with Crippen molar-refractivity contribution in [2.24, 2.45) is 0 Å². The van der Waals surface area contributed by atoms with Gasteiger partial charge >= 0.3 is 0 Å². The lowest BCUT2D eigenvalue weighted by molar-refractivity contribution is 0.547. The number of likely N-dealkylation sites (N-methyl/N-ethyl adjacent to an activating group) is 1. The molecule has 0 radical (unpaired) electrons. The third-order valence-electron chi connectivity index (χ3n) is 10.8. The first-order valence-corrected chi connectivity index (χ1v) is 20.6. The normalized spacial score (nSPS) is 13.7. The highest BCUT2D eigenvalue weighted by molar-refractivity contribution is 5.84. The summed E-state index contributed by atoms with van der Waals surface area (Å²) >= 11 is 0. The highest BCUT2D eigenvalue weighted by atomic mass is 15.1. The summed E-state index contributed by atoms with van der Waals surface area (Å²) in [7, 11) is 1.97. The molecule has 5 heteroatoms. The van der Waals surface area contributed by atoms with Crippen molar-refractivity contribution in [1.82, 2.24) is 20.6 Å². The van der Waals surface area contributed by atoms with Crippen LogP contribution in [0.4, 0.5) is 0 Å². The Balaban J connectivity index is 1.24. The maximum atomic E-state index is 10.6. The van der Waals surface area contributed by atoms with Crippen LogP contribution >= 0.6 is 0 Å². The van der Waals surface area contributed by atoms with Crippen LogP contribution in [0.15, 0.2) is 181 Å². The van der Waals surface area contributed by atoms with E-state index in [2.05, 4.69) is 117 Å². The first kappa shape index (κ1) is 42.0.